The largest absolute Gasteiger partial charge is 0.480 e. The van der Waals surface area contributed by atoms with Crippen LogP contribution < -0.4 is 5.32 Å². The number of carboxylic acid groups (broad SMARTS) is 1. The molecule has 0 heterocycles. The highest BCUT2D eigenvalue weighted by Crippen LogP contribution is 2.13. The Morgan fingerprint density at radius 1 is 0.500 bits per heavy atom. The standard InChI is InChI=1S/C32H59NO9/c1-29(34)17-14-12-10-8-6-4-2-3-5-7-9-11-13-15-19-31(36)33-20-22-40-24-25-41-27-30(35)18-16-21-39-23-26-42-28-32(37)38/h2-28H2,1H3,(H,33,36)(H,37,38). The number of carboxylic acids is 1. The van der Waals surface area contributed by atoms with Crippen molar-refractivity contribution in [1.29, 1.82) is 0 Å². The number of Topliss-reactive ketones (excluding diaryl/α,β-unsaturated/α-hetero) is 2. The molecule has 0 aliphatic carbocycles. The molecule has 0 aliphatic rings. The molecule has 0 fully saturated rings. The maximum absolute atomic E-state index is 11.9. The van der Waals surface area contributed by atoms with Crippen LogP contribution in [-0.4, -0.2) is 87.9 Å². The normalized spacial score (nSPS) is 11.1. The summed E-state index contributed by atoms with van der Waals surface area (Å²) in [4.78, 5) is 44.9. The van der Waals surface area contributed by atoms with Gasteiger partial charge in [0, 0.05) is 32.4 Å². The van der Waals surface area contributed by atoms with Crippen LogP contribution in [-0.2, 0) is 38.1 Å². The van der Waals surface area contributed by atoms with E-state index in [0.717, 1.165) is 25.7 Å². The van der Waals surface area contributed by atoms with E-state index in [4.69, 9.17) is 24.1 Å². The van der Waals surface area contributed by atoms with Gasteiger partial charge in [0.1, 0.15) is 19.0 Å². The third kappa shape index (κ3) is 34.3. The van der Waals surface area contributed by atoms with E-state index < -0.39 is 5.97 Å². The lowest BCUT2D eigenvalue weighted by atomic mass is 10.0. The van der Waals surface area contributed by atoms with E-state index in [1.807, 2.05) is 0 Å². The van der Waals surface area contributed by atoms with E-state index in [9.17, 15) is 19.2 Å². The zero-order valence-corrected chi connectivity index (χ0v) is 26.3. The maximum Gasteiger partial charge on any atom is 0.329 e. The van der Waals surface area contributed by atoms with Crippen molar-refractivity contribution >= 4 is 23.4 Å². The summed E-state index contributed by atoms with van der Waals surface area (Å²) in [6, 6.07) is 0. The third-order valence-corrected chi connectivity index (χ3v) is 6.73. The van der Waals surface area contributed by atoms with Crippen molar-refractivity contribution in [3.05, 3.63) is 0 Å². The number of ketones is 2. The summed E-state index contributed by atoms with van der Waals surface area (Å²) >= 11 is 0. The highest BCUT2D eigenvalue weighted by molar-refractivity contribution is 5.79. The molecule has 10 nitrogen and oxygen atoms in total. The van der Waals surface area contributed by atoms with E-state index in [0.29, 0.717) is 64.6 Å². The Morgan fingerprint density at radius 2 is 0.952 bits per heavy atom. The fourth-order valence-electron chi connectivity index (χ4n) is 4.36. The second kappa shape index (κ2) is 32.0. The summed E-state index contributed by atoms with van der Waals surface area (Å²) in [6.07, 6.45) is 19.4. The molecule has 0 bridgehead atoms. The molecule has 0 unspecified atom stereocenters. The molecule has 0 aromatic rings. The Bertz CT molecular complexity index is 672. The SMILES string of the molecule is CC(=O)CCCCCCCCCCCCCCCCC(=O)NCCOCCOCC(=O)CCCOCCOCC(=O)O. The van der Waals surface area contributed by atoms with Crippen LogP contribution in [0.2, 0.25) is 0 Å². The first-order chi connectivity index (χ1) is 20.4. The van der Waals surface area contributed by atoms with Crippen molar-refractivity contribution in [3.63, 3.8) is 0 Å². The molecule has 42 heavy (non-hydrogen) atoms. The highest BCUT2D eigenvalue weighted by atomic mass is 16.5. The number of carbonyl (C=O) groups excluding carboxylic acids is 3. The molecule has 246 valence electrons. The average molecular weight is 602 g/mol. The minimum Gasteiger partial charge on any atom is -0.480 e. The summed E-state index contributed by atoms with van der Waals surface area (Å²) in [5, 5.41) is 11.3. The molecule has 0 aliphatic heterocycles. The van der Waals surface area contributed by atoms with Crippen LogP contribution >= 0.6 is 0 Å². The predicted octanol–water partition coefficient (Wildman–Crippen LogP) is 5.43. The van der Waals surface area contributed by atoms with Crippen molar-refractivity contribution in [3.8, 4) is 0 Å². The van der Waals surface area contributed by atoms with Crippen LogP contribution in [0.15, 0.2) is 0 Å². The number of ether oxygens (including phenoxy) is 4. The number of amides is 1. The van der Waals surface area contributed by atoms with Gasteiger partial charge in [-0.15, -0.1) is 0 Å². The van der Waals surface area contributed by atoms with E-state index in [-0.39, 0.29) is 31.5 Å². The number of carbonyl (C=O) groups is 4. The quantitative estimate of drug-likeness (QED) is 0.0924. The van der Waals surface area contributed by atoms with Gasteiger partial charge in [-0.3, -0.25) is 9.59 Å². The van der Waals surface area contributed by atoms with Crippen molar-refractivity contribution < 1.29 is 43.2 Å². The molecule has 10 heteroatoms. The second-order valence-electron chi connectivity index (χ2n) is 10.9. The summed E-state index contributed by atoms with van der Waals surface area (Å²) in [5.74, 6) is -0.649. The van der Waals surface area contributed by atoms with E-state index in [1.165, 1.54) is 70.6 Å². The molecule has 0 spiro atoms. The van der Waals surface area contributed by atoms with Gasteiger partial charge in [-0.05, 0) is 26.2 Å². The molecule has 0 aromatic carbocycles. The van der Waals surface area contributed by atoms with Crippen LogP contribution in [0.4, 0.5) is 0 Å². The van der Waals surface area contributed by atoms with Crippen LogP contribution in [0.5, 0.6) is 0 Å². The Kier molecular flexibility index (Phi) is 30.6. The Morgan fingerprint density at radius 3 is 1.48 bits per heavy atom. The van der Waals surface area contributed by atoms with Gasteiger partial charge in [0.15, 0.2) is 5.78 Å². The van der Waals surface area contributed by atoms with E-state index >= 15 is 0 Å². The molecule has 0 saturated heterocycles. The van der Waals surface area contributed by atoms with Gasteiger partial charge in [0.2, 0.25) is 5.91 Å². The van der Waals surface area contributed by atoms with Crippen LogP contribution in [0.1, 0.15) is 122 Å². The van der Waals surface area contributed by atoms with Gasteiger partial charge in [-0.25, -0.2) is 4.79 Å². The van der Waals surface area contributed by atoms with Crippen LogP contribution in [0, 0.1) is 0 Å². The Balaban J connectivity index is 3.26. The summed E-state index contributed by atoms with van der Waals surface area (Å²) in [7, 11) is 0. The first kappa shape index (κ1) is 40.1. The average Bonchev–Trinajstić information content (AvgIpc) is 2.95. The molecular weight excluding hydrogens is 542 g/mol. The van der Waals surface area contributed by atoms with Crippen molar-refractivity contribution in [2.45, 2.75) is 122 Å². The van der Waals surface area contributed by atoms with Crippen LogP contribution in [0.25, 0.3) is 0 Å². The fourth-order valence-corrected chi connectivity index (χ4v) is 4.36. The molecule has 1 amide bonds. The van der Waals surface area contributed by atoms with Crippen LogP contribution in [0.3, 0.4) is 0 Å². The maximum atomic E-state index is 11.9. The van der Waals surface area contributed by atoms with E-state index in [2.05, 4.69) is 5.32 Å². The van der Waals surface area contributed by atoms with Gasteiger partial charge >= 0.3 is 5.97 Å². The Labute approximate surface area is 253 Å². The highest BCUT2D eigenvalue weighted by Gasteiger charge is 2.04. The lowest BCUT2D eigenvalue weighted by Gasteiger charge is -2.08. The van der Waals surface area contributed by atoms with Gasteiger partial charge in [-0.2, -0.15) is 0 Å². The number of aliphatic carboxylic acids is 1. The first-order valence-corrected chi connectivity index (χ1v) is 16.2. The molecule has 0 saturated carbocycles. The zero-order valence-electron chi connectivity index (χ0n) is 26.3. The number of nitrogens with one attached hydrogen (secondary N) is 1. The molecule has 0 rings (SSSR count). The lowest BCUT2D eigenvalue weighted by molar-refractivity contribution is -0.142. The summed E-state index contributed by atoms with van der Waals surface area (Å²) in [6.45, 7) is 3.85. The number of rotatable bonds is 34. The van der Waals surface area contributed by atoms with Crippen molar-refractivity contribution in [1.82, 2.24) is 5.32 Å². The summed E-state index contributed by atoms with van der Waals surface area (Å²) < 4.78 is 20.9. The number of hydrogen-bond acceptors (Lipinski definition) is 8. The van der Waals surface area contributed by atoms with Gasteiger partial charge in [-0.1, -0.05) is 77.0 Å². The van der Waals surface area contributed by atoms with Gasteiger partial charge < -0.3 is 34.2 Å². The molecule has 2 N–H and O–H groups in total. The molecule has 0 aromatic heterocycles. The molecular formula is C32H59NO9. The number of hydrogen-bond donors (Lipinski definition) is 2. The summed E-state index contributed by atoms with van der Waals surface area (Å²) in [5.41, 5.74) is 0. The van der Waals surface area contributed by atoms with Gasteiger partial charge in [0.25, 0.3) is 0 Å². The second-order valence-corrected chi connectivity index (χ2v) is 10.9. The first-order valence-electron chi connectivity index (χ1n) is 16.2. The third-order valence-electron chi connectivity index (χ3n) is 6.73. The molecule has 0 radical (unpaired) electrons. The minimum atomic E-state index is -1.01. The lowest BCUT2D eigenvalue weighted by Crippen LogP contribution is -2.27. The Hall–Kier alpha value is -1.88. The van der Waals surface area contributed by atoms with Gasteiger partial charge in [0.05, 0.1) is 33.0 Å². The topological polar surface area (TPSA) is 137 Å². The minimum absolute atomic E-state index is 0.00974. The fraction of sp³-hybridized carbons (Fsp3) is 0.875. The van der Waals surface area contributed by atoms with Crippen molar-refractivity contribution in [2.24, 2.45) is 0 Å². The predicted molar refractivity (Wildman–Crippen MR) is 163 cm³/mol. The number of unbranched alkanes of at least 4 members (excludes halogenated alkanes) is 13. The smallest absolute Gasteiger partial charge is 0.329 e. The van der Waals surface area contributed by atoms with E-state index in [1.54, 1.807) is 6.92 Å². The molecule has 0 atom stereocenters. The van der Waals surface area contributed by atoms with Crippen molar-refractivity contribution in [2.75, 3.05) is 59.4 Å². The monoisotopic (exact) mass is 601 g/mol. The zero-order chi connectivity index (χ0) is 30.9.